The summed E-state index contributed by atoms with van der Waals surface area (Å²) in [6.07, 6.45) is 1.45. The van der Waals surface area contributed by atoms with Crippen molar-refractivity contribution in [2.24, 2.45) is 0 Å². The Bertz CT molecular complexity index is 136. The van der Waals surface area contributed by atoms with Gasteiger partial charge in [-0.1, -0.05) is 0 Å². The molecule has 1 saturated carbocycles. The van der Waals surface area contributed by atoms with Crippen LogP contribution in [0.1, 0.15) is 19.8 Å². The molecule has 1 fully saturated rings. The van der Waals surface area contributed by atoms with Gasteiger partial charge < -0.3 is 9.47 Å². The van der Waals surface area contributed by atoms with Crippen molar-refractivity contribution in [1.29, 1.82) is 0 Å². The van der Waals surface area contributed by atoms with Gasteiger partial charge in [0.2, 0.25) is 0 Å². The molecular weight excluding hydrogens is 144 g/mol. The van der Waals surface area contributed by atoms with Crippen molar-refractivity contribution >= 4 is 5.78 Å². The summed E-state index contributed by atoms with van der Waals surface area (Å²) in [6.45, 7) is 2.55. The predicted octanol–water partition coefficient (Wildman–Crippen LogP) is 0.769. The van der Waals surface area contributed by atoms with Crippen LogP contribution in [-0.2, 0) is 14.3 Å². The maximum Gasteiger partial charge on any atom is 0.138 e. The lowest BCUT2D eigenvalue weighted by Crippen LogP contribution is -2.35. The highest BCUT2D eigenvalue weighted by molar-refractivity contribution is 5.85. The third kappa shape index (κ3) is 2.60. The average Bonchev–Trinajstić information content (AvgIpc) is 1.85. The Kier molecular flexibility index (Phi) is 3.02. The molecule has 0 aliphatic heterocycles. The van der Waals surface area contributed by atoms with E-state index in [1.165, 1.54) is 0 Å². The smallest absolute Gasteiger partial charge is 0.138 e. The van der Waals surface area contributed by atoms with E-state index < -0.39 is 0 Å². The molecule has 0 N–H and O–H groups in total. The van der Waals surface area contributed by atoms with E-state index in [9.17, 15) is 4.79 Å². The fourth-order valence-corrected chi connectivity index (χ4v) is 1.15. The molecule has 0 aromatic rings. The lowest BCUT2D eigenvalue weighted by molar-refractivity contribution is -0.139. The van der Waals surface area contributed by atoms with Gasteiger partial charge in [-0.15, -0.1) is 0 Å². The van der Waals surface area contributed by atoms with Crippen molar-refractivity contribution in [3.05, 3.63) is 0 Å². The lowest BCUT2D eigenvalue weighted by atomic mass is 9.94. The molecule has 0 radical (unpaired) electrons. The van der Waals surface area contributed by atoms with Crippen molar-refractivity contribution < 1.29 is 14.3 Å². The zero-order valence-electron chi connectivity index (χ0n) is 7.00. The summed E-state index contributed by atoms with van der Waals surface area (Å²) in [6, 6.07) is 0. The highest BCUT2D eigenvalue weighted by Gasteiger charge is 2.28. The maximum atomic E-state index is 10.5. The van der Waals surface area contributed by atoms with E-state index in [2.05, 4.69) is 0 Å². The first-order valence-electron chi connectivity index (χ1n) is 3.88. The van der Waals surface area contributed by atoms with Gasteiger partial charge in [-0.2, -0.15) is 0 Å². The van der Waals surface area contributed by atoms with Gasteiger partial charge in [-0.05, 0) is 6.92 Å². The molecule has 0 bridgehead atoms. The third-order valence-electron chi connectivity index (χ3n) is 1.74. The summed E-state index contributed by atoms with van der Waals surface area (Å²) >= 11 is 0. The molecule has 11 heavy (non-hydrogen) atoms. The Morgan fingerprint density at radius 3 is 2.73 bits per heavy atom. The van der Waals surface area contributed by atoms with Crippen LogP contribution in [0, 0.1) is 0 Å². The molecule has 1 atom stereocenters. The quantitative estimate of drug-likeness (QED) is 0.606. The molecule has 3 heteroatoms. The number of carbonyl (C=O) groups is 1. The minimum atomic E-state index is 0.109. The van der Waals surface area contributed by atoms with Gasteiger partial charge in [-0.25, -0.2) is 0 Å². The first-order chi connectivity index (χ1) is 5.22. The number of methoxy groups -OCH3 is 1. The van der Waals surface area contributed by atoms with E-state index in [0.717, 1.165) is 0 Å². The Morgan fingerprint density at radius 2 is 2.27 bits per heavy atom. The fourth-order valence-electron chi connectivity index (χ4n) is 1.15. The van der Waals surface area contributed by atoms with E-state index in [0.29, 0.717) is 25.2 Å². The van der Waals surface area contributed by atoms with Crippen molar-refractivity contribution in [3.63, 3.8) is 0 Å². The molecule has 0 heterocycles. The summed E-state index contributed by atoms with van der Waals surface area (Å²) in [7, 11) is 1.64. The van der Waals surface area contributed by atoms with Crippen LogP contribution in [0.25, 0.3) is 0 Å². The standard InChI is InChI=1S/C8H14O3/c1-6(5-10-2)11-8-3-7(9)4-8/h6,8H,3-5H2,1-2H3. The number of rotatable bonds is 4. The van der Waals surface area contributed by atoms with Crippen LogP contribution in [0.3, 0.4) is 0 Å². The highest BCUT2D eigenvalue weighted by Crippen LogP contribution is 2.19. The number of hydrogen-bond acceptors (Lipinski definition) is 3. The highest BCUT2D eigenvalue weighted by atomic mass is 16.5. The summed E-state index contributed by atoms with van der Waals surface area (Å²) in [5.41, 5.74) is 0. The number of hydrogen-bond donors (Lipinski definition) is 0. The van der Waals surface area contributed by atoms with Crippen LogP contribution in [0.5, 0.6) is 0 Å². The molecule has 3 nitrogen and oxygen atoms in total. The van der Waals surface area contributed by atoms with E-state index in [1.54, 1.807) is 7.11 Å². The van der Waals surface area contributed by atoms with E-state index in [-0.39, 0.29) is 12.2 Å². The number of Topliss-reactive ketones (excluding diaryl/α,β-unsaturated/α-hetero) is 1. The second kappa shape index (κ2) is 3.83. The molecule has 0 amide bonds. The summed E-state index contributed by atoms with van der Waals surface area (Å²) < 4.78 is 10.3. The molecule has 1 rings (SSSR count). The monoisotopic (exact) mass is 158 g/mol. The Morgan fingerprint density at radius 1 is 1.64 bits per heavy atom. The van der Waals surface area contributed by atoms with Gasteiger partial charge >= 0.3 is 0 Å². The van der Waals surface area contributed by atoms with Crippen LogP contribution in [-0.4, -0.2) is 31.7 Å². The summed E-state index contributed by atoms with van der Waals surface area (Å²) in [5, 5.41) is 0. The zero-order chi connectivity index (χ0) is 8.27. The molecule has 0 aromatic carbocycles. The maximum absolute atomic E-state index is 10.5. The van der Waals surface area contributed by atoms with Crippen molar-refractivity contribution in [3.8, 4) is 0 Å². The Hall–Kier alpha value is -0.410. The van der Waals surface area contributed by atoms with Crippen LogP contribution in [0.4, 0.5) is 0 Å². The first kappa shape index (κ1) is 8.68. The van der Waals surface area contributed by atoms with Crippen LogP contribution in [0.15, 0.2) is 0 Å². The van der Waals surface area contributed by atoms with E-state index in [4.69, 9.17) is 9.47 Å². The van der Waals surface area contributed by atoms with Gasteiger partial charge in [-0.3, -0.25) is 4.79 Å². The Balaban J connectivity index is 2.06. The molecule has 64 valence electrons. The zero-order valence-corrected chi connectivity index (χ0v) is 7.00. The van der Waals surface area contributed by atoms with Gasteiger partial charge in [0.15, 0.2) is 0 Å². The van der Waals surface area contributed by atoms with Crippen molar-refractivity contribution in [2.45, 2.75) is 32.0 Å². The van der Waals surface area contributed by atoms with Gasteiger partial charge in [0.05, 0.1) is 18.8 Å². The molecule has 1 aliphatic carbocycles. The van der Waals surface area contributed by atoms with Gasteiger partial charge in [0.1, 0.15) is 5.78 Å². The molecule has 0 saturated heterocycles. The SMILES string of the molecule is COCC(C)OC1CC(=O)C1. The third-order valence-corrected chi connectivity index (χ3v) is 1.74. The lowest BCUT2D eigenvalue weighted by Gasteiger charge is -2.27. The summed E-state index contributed by atoms with van der Waals surface area (Å²) in [4.78, 5) is 10.5. The molecule has 0 spiro atoms. The second-order valence-corrected chi connectivity index (χ2v) is 2.97. The van der Waals surface area contributed by atoms with Crippen LogP contribution in [0.2, 0.25) is 0 Å². The molecule has 1 aliphatic rings. The molecule has 0 aromatic heterocycles. The average molecular weight is 158 g/mol. The van der Waals surface area contributed by atoms with E-state index in [1.807, 2.05) is 6.92 Å². The molecular formula is C8H14O3. The number of carbonyl (C=O) groups excluding carboxylic acids is 1. The number of ketones is 1. The fraction of sp³-hybridized carbons (Fsp3) is 0.875. The van der Waals surface area contributed by atoms with Crippen molar-refractivity contribution in [1.82, 2.24) is 0 Å². The predicted molar refractivity (Wildman–Crippen MR) is 40.5 cm³/mol. The second-order valence-electron chi connectivity index (χ2n) is 2.97. The van der Waals surface area contributed by atoms with Crippen LogP contribution >= 0.6 is 0 Å². The molecule has 1 unspecified atom stereocenters. The minimum Gasteiger partial charge on any atom is -0.382 e. The topological polar surface area (TPSA) is 35.5 Å². The van der Waals surface area contributed by atoms with Gasteiger partial charge in [0.25, 0.3) is 0 Å². The van der Waals surface area contributed by atoms with Gasteiger partial charge in [0, 0.05) is 20.0 Å². The normalized spacial score (nSPS) is 21.5. The van der Waals surface area contributed by atoms with Crippen LogP contribution < -0.4 is 0 Å². The van der Waals surface area contributed by atoms with E-state index >= 15 is 0 Å². The first-order valence-corrected chi connectivity index (χ1v) is 3.88. The minimum absolute atomic E-state index is 0.109. The largest absolute Gasteiger partial charge is 0.382 e. The number of ether oxygens (including phenoxy) is 2. The summed E-state index contributed by atoms with van der Waals surface area (Å²) in [5.74, 6) is 0.305. The Labute approximate surface area is 66.7 Å². The van der Waals surface area contributed by atoms with Crippen molar-refractivity contribution in [2.75, 3.05) is 13.7 Å².